The van der Waals surface area contributed by atoms with Crippen LogP contribution in [0.4, 0.5) is 18.0 Å². The van der Waals surface area contributed by atoms with Gasteiger partial charge in [0.25, 0.3) is 11.1 Å². The first-order valence-electron chi connectivity index (χ1n) is 14.4. The SMILES string of the molecule is Cc1c(C)c2c(c(C)c1CCCCCCN)CCC(C)(COc1ccc(C=C3SC(=O)NC3=O)cc1)O2.O=C(O)C(F)(F)F. The number of alkyl halides is 3. The number of ether oxygens (including phenoxy) is 2. The molecule has 44 heavy (non-hydrogen) atoms. The second-order valence-corrected chi connectivity index (χ2v) is 12.2. The van der Waals surface area contributed by atoms with Crippen LogP contribution < -0.4 is 20.5 Å². The largest absolute Gasteiger partial charge is 0.490 e. The molecule has 0 saturated carbocycles. The lowest BCUT2D eigenvalue weighted by Gasteiger charge is -2.38. The van der Waals surface area contributed by atoms with E-state index in [9.17, 15) is 22.8 Å². The van der Waals surface area contributed by atoms with E-state index in [-0.39, 0.29) is 11.1 Å². The second kappa shape index (κ2) is 15.0. The summed E-state index contributed by atoms with van der Waals surface area (Å²) in [7, 11) is 0. The van der Waals surface area contributed by atoms with Gasteiger partial charge in [-0.1, -0.05) is 25.0 Å². The number of halogens is 3. The van der Waals surface area contributed by atoms with Gasteiger partial charge < -0.3 is 20.3 Å². The number of benzene rings is 2. The summed E-state index contributed by atoms with van der Waals surface area (Å²) in [5.41, 5.74) is 12.9. The summed E-state index contributed by atoms with van der Waals surface area (Å²) in [5, 5.41) is 9.06. The van der Waals surface area contributed by atoms with Crippen molar-refractivity contribution in [1.82, 2.24) is 5.32 Å². The van der Waals surface area contributed by atoms with E-state index in [4.69, 9.17) is 25.1 Å². The average Bonchev–Trinajstić information content (AvgIpc) is 3.28. The van der Waals surface area contributed by atoms with E-state index in [1.807, 2.05) is 24.3 Å². The predicted molar refractivity (Wildman–Crippen MR) is 164 cm³/mol. The van der Waals surface area contributed by atoms with Crippen molar-refractivity contribution in [3.8, 4) is 11.5 Å². The second-order valence-electron chi connectivity index (χ2n) is 11.2. The molecule has 2 heterocycles. The number of aliphatic carboxylic acids is 1. The number of rotatable bonds is 10. The van der Waals surface area contributed by atoms with Crippen molar-refractivity contribution in [2.75, 3.05) is 13.2 Å². The standard InChI is InChI=1S/C30H38N2O4S.C2HF3O2/c1-19-20(2)27-25(21(3)24(19)9-7-5-6-8-16-31)14-15-30(4,36-27)18-35-23-12-10-22(11-13-23)17-26-28(33)32-29(34)37-26;3-2(4,5)1(6)7/h10-13,17H,5-9,14-16,18,31H2,1-4H3,(H,32,33,34);(H,6,7). The molecule has 0 radical (unpaired) electrons. The van der Waals surface area contributed by atoms with Crippen LogP contribution in [0.25, 0.3) is 6.08 Å². The van der Waals surface area contributed by atoms with Gasteiger partial charge in [0, 0.05) is 0 Å². The molecular weight excluding hydrogens is 597 g/mol. The lowest BCUT2D eigenvalue weighted by atomic mass is 9.84. The summed E-state index contributed by atoms with van der Waals surface area (Å²) in [5.74, 6) is -1.34. The molecule has 1 atom stereocenters. The first-order valence-corrected chi connectivity index (χ1v) is 15.2. The van der Waals surface area contributed by atoms with Gasteiger partial charge in [-0.05, 0) is 130 Å². The smallest absolute Gasteiger partial charge is 0.489 e. The Labute approximate surface area is 259 Å². The summed E-state index contributed by atoms with van der Waals surface area (Å²) < 4.78 is 44.5. The van der Waals surface area contributed by atoms with Gasteiger partial charge in [-0.3, -0.25) is 14.9 Å². The van der Waals surface area contributed by atoms with Crippen molar-refractivity contribution in [1.29, 1.82) is 0 Å². The van der Waals surface area contributed by atoms with Gasteiger partial charge in [0.1, 0.15) is 23.7 Å². The van der Waals surface area contributed by atoms with E-state index in [2.05, 4.69) is 33.0 Å². The molecule has 2 aromatic rings. The molecule has 2 aliphatic rings. The first kappa shape index (κ1) is 35.0. The van der Waals surface area contributed by atoms with Gasteiger partial charge in [-0.2, -0.15) is 13.2 Å². The molecule has 0 aromatic heterocycles. The molecule has 12 heteroatoms. The molecule has 240 valence electrons. The highest BCUT2D eigenvalue weighted by molar-refractivity contribution is 8.18. The van der Waals surface area contributed by atoms with Gasteiger partial charge in [-0.25, -0.2) is 4.79 Å². The third-order valence-electron chi connectivity index (χ3n) is 7.77. The monoisotopic (exact) mass is 636 g/mol. The van der Waals surface area contributed by atoms with Crippen molar-refractivity contribution in [3.63, 3.8) is 0 Å². The molecular formula is C32H39F3N2O6S. The summed E-state index contributed by atoms with van der Waals surface area (Å²) >= 11 is 0.915. The lowest BCUT2D eigenvalue weighted by Crippen LogP contribution is -2.42. The molecule has 0 aliphatic carbocycles. The van der Waals surface area contributed by atoms with Crippen LogP contribution in [0.5, 0.6) is 11.5 Å². The maximum atomic E-state index is 11.8. The summed E-state index contributed by atoms with van der Waals surface area (Å²) in [6.07, 6.45) is 4.35. The quantitative estimate of drug-likeness (QED) is 0.192. The van der Waals surface area contributed by atoms with E-state index in [0.29, 0.717) is 11.5 Å². The molecule has 1 fully saturated rings. The Hall–Kier alpha value is -3.51. The van der Waals surface area contributed by atoms with Crippen LogP contribution in [0, 0.1) is 20.8 Å². The molecule has 8 nitrogen and oxygen atoms in total. The Kier molecular flexibility index (Phi) is 11.9. The van der Waals surface area contributed by atoms with E-state index in [1.165, 1.54) is 47.1 Å². The zero-order valence-corrected chi connectivity index (χ0v) is 26.2. The van der Waals surface area contributed by atoms with E-state index < -0.39 is 17.7 Å². The number of imide groups is 1. The number of thioether (sulfide) groups is 1. The van der Waals surface area contributed by atoms with Crippen LogP contribution in [-0.2, 0) is 22.4 Å². The average molecular weight is 637 g/mol. The summed E-state index contributed by atoms with van der Waals surface area (Å²) in [6.45, 7) is 10.0. The van der Waals surface area contributed by atoms with Crippen molar-refractivity contribution in [3.05, 3.63) is 62.6 Å². The van der Waals surface area contributed by atoms with E-state index >= 15 is 0 Å². The van der Waals surface area contributed by atoms with Crippen LogP contribution in [0.2, 0.25) is 0 Å². The number of carbonyl (C=O) groups excluding carboxylic acids is 2. The van der Waals surface area contributed by atoms with Crippen LogP contribution in [-0.4, -0.2) is 47.2 Å². The molecule has 2 aromatic carbocycles. The molecule has 4 rings (SSSR count). The molecule has 4 N–H and O–H groups in total. The van der Waals surface area contributed by atoms with Gasteiger partial charge >= 0.3 is 12.1 Å². The maximum absolute atomic E-state index is 11.8. The van der Waals surface area contributed by atoms with Crippen LogP contribution in [0.1, 0.15) is 72.4 Å². The van der Waals surface area contributed by atoms with Gasteiger partial charge in [0.2, 0.25) is 0 Å². The normalized spacial score (nSPS) is 18.7. The number of hydrogen-bond donors (Lipinski definition) is 3. The van der Waals surface area contributed by atoms with Gasteiger partial charge in [0.15, 0.2) is 0 Å². The Morgan fingerprint density at radius 2 is 1.73 bits per heavy atom. The number of amides is 2. The number of carbonyl (C=O) groups is 3. The predicted octanol–water partition coefficient (Wildman–Crippen LogP) is 6.79. The molecule has 2 amide bonds. The molecule has 1 saturated heterocycles. The fourth-order valence-corrected chi connectivity index (χ4v) is 5.81. The maximum Gasteiger partial charge on any atom is 0.490 e. The van der Waals surface area contributed by atoms with Crippen molar-refractivity contribution < 1.29 is 42.1 Å². The summed E-state index contributed by atoms with van der Waals surface area (Å²) in [4.78, 5) is 32.4. The minimum atomic E-state index is -5.08. The highest BCUT2D eigenvalue weighted by atomic mass is 32.2. The molecule has 2 aliphatic heterocycles. The Bertz CT molecular complexity index is 1410. The number of carboxylic acid groups (broad SMARTS) is 1. The highest BCUT2D eigenvalue weighted by Gasteiger charge is 2.38. The number of nitrogens with two attached hydrogens (primary N) is 1. The molecule has 0 bridgehead atoms. The van der Waals surface area contributed by atoms with E-state index in [0.717, 1.165) is 61.1 Å². The Morgan fingerprint density at radius 3 is 2.30 bits per heavy atom. The summed E-state index contributed by atoms with van der Waals surface area (Å²) in [6, 6.07) is 7.52. The molecule has 0 spiro atoms. The number of carboxylic acids is 1. The lowest BCUT2D eigenvalue weighted by molar-refractivity contribution is -0.192. The van der Waals surface area contributed by atoms with Crippen LogP contribution >= 0.6 is 11.8 Å². The highest BCUT2D eigenvalue weighted by Crippen LogP contribution is 2.41. The first-order chi connectivity index (χ1) is 20.6. The topological polar surface area (TPSA) is 128 Å². The van der Waals surface area contributed by atoms with E-state index in [1.54, 1.807) is 6.08 Å². The van der Waals surface area contributed by atoms with Crippen LogP contribution in [0.3, 0.4) is 0 Å². The van der Waals surface area contributed by atoms with Crippen molar-refractivity contribution >= 4 is 35.0 Å². The van der Waals surface area contributed by atoms with Gasteiger partial charge in [0.05, 0.1) is 4.91 Å². The van der Waals surface area contributed by atoms with Crippen molar-refractivity contribution in [2.24, 2.45) is 5.73 Å². The minimum absolute atomic E-state index is 0.339. The number of fused-ring (bicyclic) bond motifs is 1. The zero-order chi connectivity index (χ0) is 32.7. The van der Waals surface area contributed by atoms with Crippen molar-refractivity contribution in [2.45, 2.75) is 84.4 Å². The number of unbranched alkanes of at least 4 members (excludes halogenated alkanes) is 3. The zero-order valence-electron chi connectivity index (χ0n) is 25.4. The fraction of sp³-hybridized carbons (Fsp3) is 0.469. The number of hydrogen-bond acceptors (Lipinski definition) is 7. The third-order valence-corrected chi connectivity index (χ3v) is 8.59. The van der Waals surface area contributed by atoms with Gasteiger partial charge in [-0.15, -0.1) is 0 Å². The number of nitrogens with one attached hydrogen (secondary N) is 1. The minimum Gasteiger partial charge on any atom is -0.489 e. The molecule has 1 unspecified atom stereocenters. The van der Waals surface area contributed by atoms with Crippen LogP contribution in [0.15, 0.2) is 29.2 Å². The Balaban J connectivity index is 0.000000676. The fourth-order valence-electron chi connectivity index (χ4n) is 5.13. The third kappa shape index (κ3) is 9.25. The Morgan fingerprint density at radius 1 is 1.09 bits per heavy atom.